The summed E-state index contributed by atoms with van der Waals surface area (Å²) in [6.07, 6.45) is 3.80. The highest BCUT2D eigenvalue weighted by molar-refractivity contribution is 6.12. The minimum Gasteiger partial charge on any atom is -0.461 e. The summed E-state index contributed by atoms with van der Waals surface area (Å²) in [5.74, 6) is 0.373. The molecule has 2 fully saturated rings. The molecule has 0 saturated carbocycles. The van der Waals surface area contributed by atoms with Crippen molar-refractivity contribution >= 4 is 41.2 Å². The summed E-state index contributed by atoms with van der Waals surface area (Å²) < 4.78 is 5.94. The summed E-state index contributed by atoms with van der Waals surface area (Å²) in [4.78, 5) is 50.5. The first kappa shape index (κ1) is 32.4. The number of amidine groups is 1. The van der Waals surface area contributed by atoms with Crippen molar-refractivity contribution in [1.29, 1.82) is 5.41 Å². The molecule has 0 spiro atoms. The molecule has 3 heterocycles. The number of aromatic nitrogens is 1. The zero-order valence-electron chi connectivity index (χ0n) is 27.0. The second kappa shape index (κ2) is 14.0. The number of likely N-dealkylation sites (tertiary alicyclic amines) is 1. The fourth-order valence-corrected chi connectivity index (χ4v) is 6.10. The lowest BCUT2D eigenvalue weighted by Gasteiger charge is -2.31. The molecular weight excluding hydrogens is 584 g/mol. The zero-order chi connectivity index (χ0) is 33.0. The van der Waals surface area contributed by atoms with Gasteiger partial charge in [0.25, 0.3) is 11.9 Å². The maximum Gasteiger partial charge on any atom is 0.330 e. The first-order valence-electron chi connectivity index (χ1n) is 15.6. The number of piperidine rings is 1. The molecule has 0 aliphatic carbocycles. The molecule has 242 valence electrons. The van der Waals surface area contributed by atoms with Crippen molar-refractivity contribution in [3.63, 3.8) is 0 Å². The van der Waals surface area contributed by atoms with Crippen LogP contribution in [0.4, 0.5) is 26.8 Å². The van der Waals surface area contributed by atoms with E-state index in [1.807, 2.05) is 38.1 Å². The van der Waals surface area contributed by atoms with Crippen molar-refractivity contribution in [3.05, 3.63) is 71.9 Å². The van der Waals surface area contributed by atoms with Crippen LogP contribution in [0.5, 0.6) is 0 Å². The van der Waals surface area contributed by atoms with E-state index < -0.39 is 6.03 Å². The third-order valence-corrected chi connectivity index (χ3v) is 8.58. The van der Waals surface area contributed by atoms with Gasteiger partial charge in [-0.25, -0.2) is 19.5 Å². The smallest absolute Gasteiger partial charge is 0.330 e. The molecule has 3 aromatic rings. The van der Waals surface area contributed by atoms with E-state index in [2.05, 4.69) is 27.6 Å². The van der Waals surface area contributed by atoms with Gasteiger partial charge in [0.05, 0.1) is 11.7 Å². The van der Waals surface area contributed by atoms with E-state index in [0.717, 1.165) is 42.6 Å². The summed E-state index contributed by atoms with van der Waals surface area (Å²) in [5.41, 5.74) is 4.36. The molecule has 2 aliphatic rings. The number of urea groups is 2. The van der Waals surface area contributed by atoms with Gasteiger partial charge < -0.3 is 20.3 Å². The van der Waals surface area contributed by atoms with Crippen LogP contribution in [0.3, 0.4) is 0 Å². The van der Waals surface area contributed by atoms with E-state index in [-0.39, 0.29) is 30.1 Å². The topological polar surface area (TPSA) is 134 Å². The highest BCUT2D eigenvalue weighted by atomic mass is 16.5. The Kier molecular flexibility index (Phi) is 9.86. The number of benzene rings is 2. The molecule has 5 amide bonds. The number of hydrogen-bond donors (Lipinski definition) is 3. The van der Waals surface area contributed by atoms with Gasteiger partial charge in [-0.2, -0.15) is 0 Å². The normalized spacial score (nSPS) is 17.2. The lowest BCUT2D eigenvalue weighted by Crippen LogP contribution is -2.46. The third-order valence-electron chi connectivity index (χ3n) is 8.58. The van der Waals surface area contributed by atoms with E-state index in [1.54, 1.807) is 53.4 Å². The Morgan fingerprint density at radius 1 is 1.07 bits per heavy atom. The maximum absolute atomic E-state index is 13.9. The number of nitrogens with one attached hydrogen (secondary N) is 3. The molecule has 12 nitrogen and oxygen atoms in total. The summed E-state index contributed by atoms with van der Waals surface area (Å²) in [6.45, 7) is 6.20. The number of carbonyl (C=O) groups excluding carboxylic acids is 3. The summed E-state index contributed by atoms with van der Waals surface area (Å²) in [7, 11) is 5.16. The molecule has 1 atom stereocenters. The molecule has 0 radical (unpaired) electrons. The molecule has 12 heteroatoms. The van der Waals surface area contributed by atoms with Crippen molar-refractivity contribution < 1.29 is 19.1 Å². The number of rotatable bonds is 7. The number of hydrogen-bond acceptors (Lipinski definition) is 7. The number of amides is 5. The van der Waals surface area contributed by atoms with Crippen LogP contribution >= 0.6 is 0 Å². The van der Waals surface area contributed by atoms with Crippen LogP contribution in [0.25, 0.3) is 11.1 Å². The van der Waals surface area contributed by atoms with Gasteiger partial charge in [0.15, 0.2) is 0 Å². The van der Waals surface area contributed by atoms with Crippen LogP contribution < -0.4 is 25.3 Å². The van der Waals surface area contributed by atoms with E-state index in [1.165, 1.54) is 11.9 Å². The van der Waals surface area contributed by atoms with E-state index >= 15 is 0 Å². The Hall–Kier alpha value is -4.97. The quantitative estimate of drug-likeness (QED) is 0.257. The average Bonchev–Trinajstić information content (AvgIpc) is 3.38. The first-order chi connectivity index (χ1) is 22.2. The minimum absolute atomic E-state index is 0.121. The van der Waals surface area contributed by atoms with Crippen molar-refractivity contribution in [1.82, 2.24) is 20.5 Å². The first-order valence-corrected chi connectivity index (χ1v) is 15.6. The average molecular weight is 627 g/mol. The molecule has 2 aromatic carbocycles. The Labute approximate surface area is 269 Å². The van der Waals surface area contributed by atoms with Crippen LogP contribution in [-0.4, -0.2) is 86.8 Å². The molecule has 5 rings (SSSR count). The largest absolute Gasteiger partial charge is 0.461 e. The Morgan fingerprint density at radius 2 is 1.78 bits per heavy atom. The van der Waals surface area contributed by atoms with Crippen LogP contribution in [0.15, 0.2) is 60.8 Å². The van der Waals surface area contributed by atoms with Crippen LogP contribution in [-0.2, 0) is 11.2 Å². The molecule has 3 N–H and O–H groups in total. The molecule has 2 saturated heterocycles. The van der Waals surface area contributed by atoms with Crippen LogP contribution in [0.2, 0.25) is 0 Å². The lowest BCUT2D eigenvalue weighted by atomic mass is 9.98. The second-order valence-electron chi connectivity index (χ2n) is 11.6. The highest BCUT2D eigenvalue weighted by Gasteiger charge is 2.38. The van der Waals surface area contributed by atoms with E-state index in [0.29, 0.717) is 35.7 Å². The van der Waals surface area contributed by atoms with Gasteiger partial charge in [0.1, 0.15) is 11.9 Å². The third kappa shape index (κ3) is 6.52. The molecule has 46 heavy (non-hydrogen) atoms. The van der Waals surface area contributed by atoms with Gasteiger partial charge in [-0.3, -0.25) is 20.0 Å². The van der Waals surface area contributed by atoms with Crippen molar-refractivity contribution in [2.75, 3.05) is 55.5 Å². The Bertz CT molecular complexity index is 1600. The number of nitrogens with zero attached hydrogens (tertiary/aromatic N) is 5. The molecule has 0 bridgehead atoms. The number of ether oxygens (including phenoxy) is 1. The fourth-order valence-electron chi connectivity index (χ4n) is 6.10. The monoisotopic (exact) mass is 626 g/mol. The van der Waals surface area contributed by atoms with Gasteiger partial charge in [0.2, 0.25) is 0 Å². The van der Waals surface area contributed by atoms with E-state index in [9.17, 15) is 14.4 Å². The second-order valence-corrected chi connectivity index (χ2v) is 11.6. The molecular formula is C34H42N8O4. The SMILES string of the molecule is CCc1c(-c2ccc(N(C(=N)OC3CCN(C)CC3)C(=O)NC)cc2)ccnc1N1CC(C)N(c2cccc(C(=O)NC)c2)C1=O. The Morgan fingerprint density at radius 3 is 2.43 bits per heavy atom. The lowest BCUT2D eigenvalue weighted by molar-refractivity contribution is 0.0962. The summed E-state index contributed by atoms with van der Waals surface area (Å²) >= 11 is 0. The summed E-state index contributed by atoms with van der Waals surface area (Å²) in [6, 6.07) is 15.3. The van der Waals surface area contributed by atoms with E-state index in [4.69, 9.17) is 10.1 Å². The number of pyridine rings is 1. The molecule has 1 aromatic heterocycles. The van der Waals surface area contributed by atoms with Crippen molar-refractivity contribution in [2.45, 2.75) is 45.3 Å². The number of carbonyl (C=O) groups is 3. The van der Waals surface area contributed by atoms with Crippen molar-refractivity contribution in [2.24, 2.45) is 0 Å². The standard InChI is InChI=1S/C34H42N8O4/c1-6-28-29(23-10-12-25(13-11-23)42(33(44)37-4)32(35)46-27-15-18-39(5)19-16-27)14-17-38-30(28)40-21-22(2)41(34(40)45)26-9-7-8-24(20-26)31(43)36-3/h7-14,17,20,22,27,35H,6,15-16,18-19,21H2,1-5H3,(H,36,43)(H,37,44). The van der Waals surface area contributed by atoms with Gasteiger partial charge in [-0.1, -0.05) is 25.1 Å². The van der Waals surface area contributed by atoms with Gasteiger partial charge in [0, 0.05) is 56.7 Å². The van der Waals surface area contributed by atoms with Crippen molar-refractivity contribution in [3.8, 4) is 11.1 Å². The maximum atomic E-state index is 13.9. The highest BCUT2D eigenvalue weighted by Crippen LogP contribution is 2.35. The molecule has 1 unspecified atom stereocenters. The predicted octanol–water partition coefficient (Wildman–Crippen LogP) is 4.70. The number of anilines is 3. The zero-order valence-corrected chi connectivity index (χ0v) is 27.0. The van der Waals surface area contributed by atoms with Gasteiger partial charge >= 0.3 is 12.1 Å². The minimum atomic E-state index is -0.460. The predicted molar refractivity (Wildman–Crippen MR) is 180 cm³/mol. The van der Waals surface area contributed by atoms with Crippen LogP contribution in [0.1, 0.15) is 42.6 Å². The van der Waals surface area contributed by atoms with Gasteiger partial charge in [-0.05, 0) is 80.8 Å². The Balaban J connectivity index is 1.40. The summed E-state index contributed by atoms with van der Waals surface area (Å²) in [5, 5.41) is 13.9. The van der Waals surface area contributed by atoms with Crippen LogP contribution in [0, 0.1) is 5.41 Å². The van der Waals surface area contributed by atoms with Gasteiger partial charge in [-0.15, -0.1) is 0 Å². The molecule has 2 aliphatic heterocycles. The fraction of sp³-hybridized carbons (Fsp3) is 0.382.